The van der Waals surface area contributed by atoms with Gasteiger partial charge in [-0.2, -0.15) is 0 Å². The smallest absolute Gasteiger partial charge is 0.241 e. The Morgan fingerprint density at radius 3 is 2.52 bits per heavy atom. The SMILES string of the molecule is Cc1ccc(S(=O)(=O)NC2CCCc3c2[nH]c2ccc(C)cc32)cc1. The Morgan fingerprint density at radius 2 is 1.76 bits per heavy atom. The third-order valence-electron chi connectivity index (χ3n) is 4.99. The fraction of sp³-hybridized carbons (Fsp3) is 0.300. The number of nitrogens with one attached hydrogen (secondary N) is 2. The summed E-state index contributed by atoms with van der Waals surface area (Å²) in [6, 6.07) is 13.1. The monoisotopic (exact) mass is 354 g/mol. The van der Waals surface area contributed by atoms with Crippen molar-refractivity contribution in [2.75, 3.05) is 0 Å². The zero-order valence-corrected chi connectivity index (χ0v) is 15.3. The fourth-order valence-electron chi connectivity index (χ4n) is 3.67. The van der Waals surface area contributed by atoms with Crippen molar-refractivity contribution in [3.05, 3.63) is 64.8 Å². The molecule has 25 heavy (non-hydrogen) atoms. The molecular weight excluding hydrogens is 332 g/mol. The summed E-state index contributed by atoms with van der Waals surface area (Å²) >= 11 is 0. The molecule has 130 valence electrons. The normalized spacial score (nSPS) is 17.6. The molecular formula is C20H22N2O2S. The lowest BCUT2D eigenvalue weighted by Gasteiger charge is -2.23. The average molecular weight is 354 g/mol. The molecule has 1 aliphatic carbocycles. The summed E-state index contributed by atoms with van der Waals surface area (Å²) in [6.45, 7) is 4.03. The van der Waals surface area contributed by atoms with Gasteiger partial charge in [-0.3, -0.25) is 0 Å². The van der Waals surface area contributed by atoms with Crippen molar-refractivity contribution >= 4 is 20.9 Å². The second-order valence-corrected chi connectivity index (χ2v) is 8.66. The molecule has 0 fully saturated rings. The van der Waals surface area contributed by atoms with E-state index < -0.39 is 10.0 Å². The molecule has 0 aliphatic heterocycles. The van der Waals surface area contributed by atoms with Crippen LogP contribution in [0.5, 0.6) is 0 Å². The third kappa shape index (κ3) is 2.98. The largest absolute Gasteiger partial charge is 0.357 e. The maximum absolute atomic E-state index is 12.8. The van der Waals surface area contributed by atoms with E-state index in [9.17, 15) is 8.42 Å². The number of sulfonamides is 1. The lowest BCUT2D eigenvalue weighted by atomic mass is 9.92. The minimum Gasteiger partial charge on any atom is -0.357 e. The number of rotatable bonds is 3. The number of H-pyrrole nitrogens is 1. The summed E-state index contributed by atoms with van der Waals surface area (Å²) < 4.78 is 28.4. The van der Waals surface area contributed by atoms with Crippen LogP contribution in [0.15, 0.2) is 47.4 Å². The van der Waals surface area contributed by atoms with E-state index in [1.165, 1.54) is 16.5 Å². The number of aryl methyl sites for hydroxylation is 3. The molecule has 0 saturated carbocycles. The first kappa shape index (κ1) is 16.4. The topological polar surface area (TPSA) is 62.0 Å². The van der Waals surface area contributed by atoms with Gasteiger partial charge in [0.2, 0.25) is 10.0 Å². The van der Waals surface area contributed by atoms with E-state index in [4.69, 9.17) is 0 Å². The number of hydrogen-bond donors (Lipinski definition) is 2. The van der Waals surface area contributed by atoms with Crippen LogP contribution in [0.1, 0.15) is 41.3 Å². The Hall–Kier alpha value is -2.11. The molecule has 1 heterocycles. The maximum Gasteiger partial charge on any atom is 0.241 e. The van der Waals surface area contributed by atoms with Crippen molar-refractivity contribution in [1.82, 2.24) is 9.71 Å². The molecule has 0 bridgehead atoms. The number of hydrogen-bond acceptors (Lipinski definition) is 2. The second kappa shape index (κ2) is 6.00. The molecule has 0 radical (unpaired) electrons. The van der Waals surface area contributed by atoms with E-state index in [1.54, 1.807) is 12.1 Å². The molecule has 0 spiro atoms. The molecule has 2 N–H and O–H groups in total. The molecule has 5 heteroatoms. The summed E-state index contributed by atoms with van der Waals surface area (Å²) in [7, 11) is -3.53. The van der Waals surface area contributed by atoms with E-state index in [-0.39, 0.29) is 6.04 Å². The second-order valence-electron chi connectivity index (χ2n) is 6.95. The van der Waals surface area contributed by atoms with Gasteiger partial charge in [0, 0.05) is 16.6 Å². The zero-order chi connectivity index (χ0) is 17.6. The lowest BCUT2D eigenvalue weighted by molar-refractivity contribution is 0.501. The Kier molecular flexibility index (Phi) is 3.93. The van der Waals surface area contributed by atoms with Crippen molar-refractivity contribution < 1.29 is 8.42 Å². The Bertz CT molecular complexity index is 1030. The molecule has 3 aromatic rings. The van der Waals surface area contributed by atoms with E-state index in [0.717, 1.165) is 36.0 Å². The van der Waals surface area contributed by atoms with Gasteiger partial charge in [-0.05, 0) is 62.9 Å². The molecule has 1 aliphatic rings. The first-order valence-corrected chi connectivity index (χ1v) is 10.1. The van der Waals surface area contributed by atoms with Gasteiger partial charge in [-0.25, -0.2) is 13.1 Å². The summed E-state index contributed by atoms with van der Waals surface area (Å²) in [5, 5.41) is 1.22. The van der Waals surface area contributed by atoms with Crippen LogP contribution in [0, 0.1) is 13.8 Å². The van der Waals surface area contributed by atoms with Gasteiger partial charge in [0.25, 0.3) is 0 Å². The summed E-state index contributed by atoms with van der Waals surface area (Å²) in [6.07, 6.45) is 2.78. The van der Waals surface area contributed by atoms with Gasteiger partial charge in [-0.1, -0.05) is 29.3 Å². The molecule has 4 nitrogen and oxygen atoms in total. The van der Waals surface area contributed by atoms with Crippen LogP contribution in [0.3, 0.4) is 0 Å². The number of aromatic nitrogens is 1. The van der Waals surface area contributed by atoms with Crippen molar-refractivity contribution in [1.29, 1.82) is 0 Å². The van der Waals surface area contributed by atoms with Gasteiger partial charge in [0.15, 0.2) is 0 Å². The number of benzene rings is 2. The van der Waals surface area contributed by atoms with Gasteiger partial charge >= 0.3 is 0 Å². The third-order valence-corrected chi connectivity index (χ3v) is 6.48. The summed E-state index contributed by atoms with van der Waals surface area (Å²) in [5.41, 5.74) is 5.61. The van der Waals surface area contributed by atoms with E-state index in [2.05, 4.69) is 34.8 Å². The average Bonchev–Trinajstić information content (AvgIpc) is 2.94. The maximum atomic E-state index is 12.8. The first-order chi connectivity index (χ1) is 11.9. The van der Waals surface area contributed by atoms with Gasteiger partial charge in [0.1, 0.15) is 0 Å². The van der Waals surface area contributed by atoms with Crippen LogP contribution in [-0.2, 0) is 16.4 Å². The lowest BCUT2D eigenvalue weighted by Crippen LogP contribution is -2.31. The molecule has 1 atom stereocenters. The highest BCUT2D eigenvalue weighted by Gasteiger charge is 2.28. The van der Waals surface area contributed by atoms with Crippen molar-refractivity contribution in [2.45, 2.75) is 44.0 Å². The van der Waals surface area contributed by atoms with Crippen LogP contribution in [0.25, 0.3) is 10.9 Å². The number of aromatic amines is 1. The van der Waals surface area contributed by atoms with Gasteiger partial charge in [0.05, 0.1) is 10.9 Å². The van der Waals surface area contributed by atoms with Crippen LogP contribution in [-0.4, -0.2) is 13.4 Å². The summed E-state index contributed by atoms with van der Waals surface area (Å²) in [5.74, 6) is 0. The fourth-order valence-corrected chi connectivity index (χ4v) is 4.91. The zero-order valence-electron chi connectivity index (χ0n) is 14.5. The summed E-state index contributed by atoms with van der Waals surface area (Å²) in [4.78, 5) is 3.77. The highest BCUT2D eigenvalue weighted by atomic mass is 32.2. The van der Waals surface area contributed by atoms with Crippen LogP contribution in [0.4, 0.5) is 0 Å². The Labute approximate surface area is 148 Å². The molecule has 0 amide bonds. The van der Waals surface area contributed by atoms with Gasteiger partial charge < -0.3 is 4.98 Å². The number of fused-ring (bicyclic) bond motifs is 3. The molecule has 0 saturated heterocycles. The van der Waals surface area contributed by atoms with Gasteiger partial charge in [-0.15, -0.1) is 0 Å². The quantitative estimate of drug-likeness (QED) is 0.742. The highest BCUT2D eigenvalue weighted by molar-refractivity contribution is 7.89. The van der Waals surface area contributed by atoms with Crippen LogP contribution < -0.4 is 4.72 Å². The molecule has 4 rings (SSSR count). The van der Waals surface area contributed by atoms with E-state index in [1.807, 2.05) is 19.1 Å². The highest BCUT2D eigenvalue weighted by Crippen LogP contribution is 2.35. The van der Waals surface area contributed by atoms with Crippen molar-refractivity contribution in [3.63, 3.8) is 0 Å². The Balaban J connectivity index is 1.71. The van der Waals surface area contributed by atoms with E-state index in [0.29, 0.717) is 4.90 Å². The predicted octanol–water partition coefficient (Wildman–Crippen LogP) is 4.14. The van der Waals surface area contributed by atoms with Crippen molar-refractivity contribution in [2.24, 2.45) is 0 Å². The Morgan fingerprint density at radius 1 is 1.04 bits per heavy atom. The van der Waals surface area contributed by atoms with Crippen LogP contribution in [0.2, 0.25) is 0 Å². The first-order valence-electron chi connectivity index (χ1n) is 8.64. The molecule has 2 aromatic carbocycles. The molecule has 1 aromatic heterocycles. The van der Waals surface area contributed by atoms with E-state index >= 15 is 0 Å². The minimum absolute atomic E-state index is 0.206. The minimum atomic E-state index is -3.53. The van der Waals surface area contributed by atoms with Crippen LogP contribution >= 0.6 is 0 Å². The molecule has 1 unspecified atom stereocenters. The predicted molar refractivity (Wildman–Crippen MR) is 100 cm³/mol. The van der Waals surface area contributed by atoms with Crippen molar-refractivity contribution in [3.8, 4) is 0 Å². The standard InChI is InChI=1S/C20H22N2O2S/c1-13-6-9-15(10-7-13)25(23,24)22-19-5-3-4-16-17-12-14(2)8-11-18(17)21-20(16)19/h6-12,19,21-22H,3-5H2,1-2H3.